The molecule has 0 amide bonds. The quantitative estimate of drug-likeness (QED) is 0.754. The Kier molecular flexibility index (Phi) is 4.99. The molecule has 0 aliphatic carbocycles. The molecular weight excluding hydrogens is 316 g/mol. The summed E-state index contributed by atoms with van der Waals surface area (Å²) in [6.07, 6.45) is 4.65. The van der Waals surface area contributed by atoms with Crippen molar-refractivity contribution < 1.29 is 17.9 Å². The molecule has 124 valence electrons. The molecule has 0 spiro atoms. The zero-order valence-electron chi connectivity index (χ0n) is 13.7. The third kappa shape index (κ3) is 3.67. The summed E-state index contributed by atoms with van der Waals surface area (Å²) in [7, 11) is -3.61. The van der Waals surface area contributed by atoms with Gasteiger partial charge in [0.25, 0.3) is 0 Å². The Labute approximate surface area is 135 Å². The number of aromatic nitrogens is 2. The molecule has 0 unspecified atom stereocenters. The molecule has 2 heterocycles. The van der Waals surface area contributed by atoms with E-state index in [4.69, 9.17) is 4.74 Å². The number of fused-ring (bicyclic) bond motifs is 1. The van der Waals surface area contributed by atoms with Crippen LogP contribution in [0.3, 0.4) is 0 Å². The maximum Gasteiger partial charge on any atom is 0.240 e. The van der Waals surface area contributed by atoms with E-state index in [1.54, 1.807) is 6.07 Å². The van der Waals surface area contributed by atoms with Gasteiger partial charge in [0.15, 0.2) is 15.6 Å². The summed E-state index contributed by atoms with van der Waals surface area (Å²) in [5.41, 5.74) is 0.471. The van der Waals surface area contributed by atoms with Crippen molar-refractivity contribution in [3.8, 4) is 5.88 Å². The van der Waals surface area contributed by atoms with Crippen LogP contribution in [0.4, 0.5) is 0 Å². The standard InChI is InChI=1S/C16H20N2O4S/c1-5-6-13(19)12-9-18-14-11(15(12)23(4,20)21)7-8-17-16(14)22-10(2)3/h7-10H,5-6H2,1-4H3. The zero-order valence-corrected chi connectivity index (χ0v) is 14.5. The Morgan fingerprint density at radius 1 is 1.30 bits per heavy atom. The van der Waals surface area contributed by atoms with E-state index in [0.29, 0.717) is 17.3 Å². The minimum Gasteiger partial charge on any atom is -0.473 e. The summed E-state index contributed by atoms with van der Waals surface area (Å²) in [5, 5.41) is 0.361. The molecule has 0 atom stereocenters. The maximum absolute atomic E-state index is 12.3. The van der Waals surface area contributed by atoms with E-state index in [-0.39, 0.29) is 34.6 Å². The van der Waals surface area contributed by atoms with Crippen molar-refractivity contribution in [2.45, 2.75) is 44.6 Å². The summed E-state index contributed by atoms with van der Waals surface area (Å²) in [6.45, 7) is 5.55. The van der Waals surface area contributed by atoms with Crippen LogP contribution in [-0.2, 0) is 9.84 Å². The lowest BCUT2D eigenvalue weighted by atomic mass is 10.1. The molecule has 2 rings (SSSR count). The number of hydrogen-bond acceptors (Lipinski definition) is 6. The first kappa shape index (κ1) is 17.3. The Balaban J connectivity index is 2.80. The molecule has 0 saturated heterocycles. The summed E-state index contributed by atoms with van der Waals surface area (Å²) >= 11 is 0. The Bertz CT molecular complexity index is 845. The summed E-state index contributed by atoms with van der Waals surface area (Å²) < 4.78 is 30.1. The second kappa shape index (κ2) is 6.62. The molecule has 0 radical (unpaired) electrons. The van der Waals surface area contributed by atoms with Crippen molar-refractivity contribution in [2.75, 3.05) is 6.26 Å². The predicted octanol–water partition coefficient (Wildman–Crippen LogP) is 2.80. The third-order valence-electron chi connectivity index (χ3n) is 3.20. The average molecular weight is 336 g/mol. The van der Waals surface area contributed by atoms with Crippen molar-refractivity contribution in [2.24, 2.45) is 0 Å². The van der Waals surface area contributed by atoms with Crippen molar-refractivity contribution >= 4 is 26.5 Å². The van der Waals surface area contributed by atoms with Crippen LogP contribution in [-0.4, -0.2) is 36.5 Å². The highest BCUT2D eigenvalue weighted by molar-refractivity contribution is 7.91. The molecule has 0 fully saturated rings. The van der Waals surface area contributed by atoms with Crippen LogP contribution in [0.1, 0.15) is 44.0 Å². The van der Waals surface area contributed by atoms with Gasteiger partial charge in [-0.2, -0.15) is 0 Å². The maximum atomic E-state index is 12.3. The van der Waals surface area contributed by atoms with Gasteiger partial charge in [-0.3, -0.25) is 4.79 Å². The second-order valence-corrected chi connectivity index (χ2v) is 7.58. The van der Waals surface area contributed by atoms with Crippen LogP contribution in [0.5, 0.6) is 5.88 Å². The molecule has 0 saturated carbocycles. The topological polar surface area (TPSA) is 86.2 Å². The van der Waals surface area contributed by atoms with Gasteiger partial charge in [0.05, 0.1) is 16.6 Å². The first-order valence-electron chi connectivity index (χ1n) is 7.43. The molecule has 2 aromatic rings. The van der Waals surface area contributed by atoms with Crippen LogP contribution in [0.25, 0.3) is 10.9 Å². The third-order valence-corrected chi connectivity index (χ3v) is 4.38. The van der Waals surface area contributed by atoms with Crippen LogP contribution in [0.2, 0.25) is 0 Å². The smallest absolute Gasteiger partial charge is 0.240 e. The number of carbonyl (C=O) groups is 1. The van der Waals surface area contributed by atoms with Crippen LogP contribution >= 0.6 is 0 Å². The monoisotopic (exact) mass is 336 g/mol. The molecule has 7 heteroatoms. The van der Waals surface area contributed by atoms with E-state index in [9.17, 15) is 13.2 Å². The lowest BCUT2D eigenvalue weighted by Crippen LogP contribution is -2.12. The molecule has 6 nitrogen and oxygen atoms in total. The molecule has 0 aromatic carbocycles. The highest BCUT2D eigenvalue weighted by Crippen LogP contribution is 2.30. The van der Waals surface area contributed by atoms with E-state index in [2.05, 4.69) is 9.97 Å². The van der Waals surface area contributed by atoms with Gasteiger partial charge < -0.3 is 4.74 Å². The molecule has 2 aromatic heterocycles. The number of Topliss-reactive ketones (excluding diaryl/α,β-unsaturated/α-hetero) is 1. The number of ketones is 1. The van der Waals surface area contributed by atoms with Crippen LogP contribution in [0, 0.1) is 0 Å². The fourth-order valence-corrected chi connectivity index (χ4v) is 3.48. The van der Waals surface area contributed by atoms with E-state index in [1.807, 2.05) is 20.8 Å². The van der Waals surface area contributed by atoms with Gasteiger partial charge in [-0.05, 0) is 26.3 Å². The largest absolute Gasteiger partial charge is 0.473 e. The van der Waals surface area contributed by atoms with Crippen LogP contribution in [0.15, 0.2) is 23.4 Å². The predicted molar refractivity (Wildman–Crippen MR) is 87.7 cm³/mol. The summed E-state index contributed by atoms with van der Waals surface area (Å²) in [5.74, 6) is 0.0300. The number of hydrogen-bond donors (Lipinski definition) is 0. The SMILES string of the molecule is CCCC(=O)c1cnc2c(OC(C)C)nccc2c1S(C)(=O)=O. The zero-order chi connectivity index (χ0) is 17.2. The fourth-order valence-electron chi connectivity index (χ4n) is 2.34. The lowest BCUT2D eigenvalue weighted by Gasteiger charge is -2.14. The van der Waals surface area contributed by atoms with Crippen molar-refractivity contribution in [1.29, 1.82) is 0 Å². The molecule has 0 aliphatic heterocycles. The Hall–Kier alpha value is -2.02. The van der Waals surface area contributed by atoms with E-state index in [0.717, 1.165) is 6.26 Å². The fraction of sp³-hybridized carbons (Fsp3) is 0.438. The van der Waals surface area contributed by atoms with Gasteiger partial charge in [-0.15, -0.1) is 0 Å². The van der Waals surface area contributed by atoms with Crippen molar-refractivity contribution in [3.05, 3.63) is 24.0 Å². The molecule has 0 bridgehead atoms. The minimum atomic E-state index is -3.61. The number of nitrogens with zero attached hydrogens (tertiary/aromatic N) is 2. The number of pyridine rings is 2. The number of ether oxygens (including phenoxy) is 1. The van der Waals surface area contributed by atoms with Gasteiger partial charge in [-0.1, -0.05) is 6.92 Å². The number of rotatable bonds is 6. The van der Waals surface area contributed by atoms with Gasteiger partial charge >= 0.3 is 0 Å². The molecular formula is C16H20N2O4S. The van der Waals surface area contributed by atoms with Gasteiger partial charge in [0.2, 0.25) is 5.88 Å². The first-order chi connectivity index (χ1) is 10.8. The van der Waals surface area contributed by atoms with E-state index < -0.39 is 9.84 Å². The Morgan fingerprint density at radius 3 is 2.57 bits per heavy atom. The average Bonchev–Trinajstić information content (AvgIpc) is 2.45. The van der Waals surface area contributed by atoms with Crippen molar-refractivity contribution in [3.63, 3.8) is 0 Å². The summed E-state index contributed by atoms with van der Waals surface area (Å²) in [6, 6.07) is 1.55. The lowest BCUT2D eigenvalue weighted by molar-refractivity contribution is 0.0978. The molecule has 23 heavy (non-hydrogen) atoms. The first-order valence-corrected chi connectivity index (χ1v) is 9.32. The highest BCUT2D eigenvalue weighted by Gasteiger charge is 2.24. The number of carbonyl (C=O) groups excluding carboxylic acids is 1. The van der Waals surface area contributed by atoms with Gasteiger partial charge in [0.1, 0.15) is 5.52 Å². The highest BCUT2D eigenvalue weighted by atomic mass is 32.2. The van der Waals surface area contributed by atoms with E-state index >= 15 is 0 Å². The Morgan fingerprint density at radius 2 is 2.00 bits per heavy atom. The van der Waals surface area contributed by atoms with Gasteiger partial charge in [0, 0.05) is 30.5 Å². The summed E-state index contributed by atoms with van der Waals surface area (Å²) in [4.78, 5) is 20.6. The van der Waals surface area contributed by atoms with Crippen molar-refractivity contribution in [1.82, 2.24) is 9.97 Å². The number of sulfone groups is 1. The normalized spacial score (nSPS) is 11.9. The molecule has 0 N–H and O–H groups in total. The van der Waals surface area contributed by atoms with Crippen LogP contribution < -0.4 is 4.74 Å². The minimum absolute atomic E-state index is 0.00282. The van der Waals surface area contributed by atoms with Gasteiger partial charge in [-0.25, -0.2) is 18.4 Å². The molecule has 0 aliphatic rings. The van der Waals surface area contributed by atoms with E-state index in [1.165, 1.54) is 12.4 Å². The second-order valence-electron chi connectivity index (χ2n) is 5.63.